The van der Waals surface area contributed by atoms with E-state index in [-0.39, 0.29) is 24.7 Å². The van der Waals surface area contributed by atoms with Gasteiger partial charge in [0, 0.05) is 24.7 Å². The summed E-state index contributed by atoms with van der Waals surface area (Å²) < 4.78 is 5.01. The highest BCUT2D eigenvalue weighted by Crippen LogP contribution is 2.13. The van der Waals surface area contributed by atoms with Crippen molar-refractivity contribution in [1.29, 1.82) is 0 Å². The summed E-state index contributed by atoms with van der Waals surface area (Å²) in [5, 5.41) is 8.57. The number of hydrogen-bond acceptors (Lipinski definition) is 6. The molecule has 0 bridgehead atoms. The molecule has 0 aliphatic rings. The number of carboxylic acids is 1. The zero-order valence-electron chi connectivity index (χ0n) is 14.9. The summed E-state index contributed by atoms with van der Waals surface area (Å²) in [6.07, 6.45) is 0.667. The van der Waals surface area contributed by atoms with Gasteiger partial charge in [-0.2, -0.15) is 0 Å². The zero-order valence-corrected chi connectivity index (χ0v) is 14.9. The molecule has 3 N–H and O–H groups in total. The minimum absolute atomic E-state index is 0.0570. The number of rotatable bonds is 9. The number of aryl methyl sites for hydroxylation is 1. The summed E-state index contributed by atoms with van der Waals surface area (Å²) in [4.78, 5) is 40.5. The molecule has 0 saturated heterocycles. The van der Waals surface area contributed by atoms with E-state index in [4.69, 9.17) is 15.6 Å². The van der Waals surface area contributed by atoms with Crippen LogP contribution in [0, 0.1) is 0 Å². The lowest BCUT2D eigenvalue weighted by molar-refractivity contribution is -0.139. The molecule has 0 aliphatic carbocycles. The van der Waals surface area contributed by atoms with Crippen LogP contribution in [-0.4, -0.2) is 52.8 Å². The smallest absolute Gasteiger partial charge is 0.341 e. The third-order valence-electron chi connectivity index (χ3n) is 3.77. The number of hydrogen-bond donors (Lipinski definition) is 2. The maximum atomic E-state index is 12.3. The maximum Gasteiger partial charge on any atom is 0.341 e. The van der Waals surface area contributed by atoms with Crippen LogP contribution in [0.2, 0.25) is 0 Å². The summed E-state index contributed by atoms with van der Waals surface area (Å²) in [5.74, 6) is -0.720. The fourth-order valence-corrected chi connectivity index (χ4v) is 2.34. The number of anilines is 1. The van der Waals surface area contributed by atoms with Crippen molar-refractivity contribution in [3.8, 4) is 5.75 Å². The number of nitrogens with two attached hydrogens (primary N) is 1. The van der Waals surface area contributed by atoms with Crippen molar-refractivity contribution in [1.82, 2.24) is 9.88 Å². The second-order valence-corrected chi connectivity index (χ2v) is 5.93. The maximum absolute atomic E-state index is 12.3. The van der Waals surface area contributed by atoms with Crippen LogP contribution in [-0.2, 0) is 16.0 Å². The quantitative estimate of drug-likeness (QED) is 0.639. The highest BCUT2D eigenvalue weighted by molar-refractivity contribution is 5.99. The fourth-order valence-electron chi connectivity index (χ4n) is 2.34. The monoisotopic (exact) mass is 371 g/mol. The summed E-state index contributed by atoms with van der Waals surface area (Å²) in [7, 11) is 1.57. The molecule has 1 aromatic carbocycles. The summed E-state index contributed by atoms with van der Waals surface area (Å²) in [5.41, 5.74) is 6.74. The fraction of sp³-hybridized carbons (Fsp3) is 0.263. The number of amides is 1. The molecule has 8 nitrogen and oxygen atoms in total. The van der Waals surface area contributed by atoms with Crippen molar-refractivity contribution in [2.45, 2.75) is 12.8 Å². The van der Waals surface area contributed by atoms with Gasteiger partial charge in [-0.1, -0.05) is 6.07 Å². The van der Waals surface area contributed by atoms with Crippen molar-refractivity contribution in [3.63, 3.8) is 0 Å². The van der Waals surface area contributed by atoms with Gasteiger partial charge in [0.05, 0.1) is 6.54 Å². The van der Waals surface area contributed by atoms with Crippen molar-refractivity contribution < 1.29 is 24.2 Å². The van der Waals surface area contributed by atoms with E-state index in [0.717, 1.165) is 5.69 Å². The average Bonchev–Trinajstić information content (AvgIpc) is 2.64. The molecule has 1 aromatic heterocycles. The van der Waals surface area contributed by atoms with Gasteiger partial charge in [0.25, 0.3) is 0 Å². The van der Waals surface area contributed by atoms with Gasteiger partial charge in [-0.25, -0.2) is 9.78 Å². The predicted molar refractivity (Wildman–Crippen MR) is 98.5 cm³/mol. The number of ether oxygens (including phenoxy) is 1. The first kappa shape index (κ1) is 19.9. The first-order chi connectivity index (χ1) is 12.8. The van der Waals surface area contributed by atoms with Crippen LogP contribution in [0.25, 0.3) is 0 Å². The largest absolute Gasteiger partial charge is 0.482 e. The van der Waals surface area contributed by atoms with Crippen LogP contribution in [0.4, 0.5) is 5.82 Å². The molecule has 0 unspecified atom stereocenters. The zero-order chi connectivity index (χ0) is 19.8. The molecule has 0 spiro atoms. The predicted octanol–water partition coefficient (Wildman–Crippen LogP) is 1.40. The van der Waals surface area contributed by atoms with Crippen LogP contribution in [0.15, 0.2) is 42.5 Å². The highest BCUT2D eigenvalue weighted by Gasteiger charge is 2.15. The number of pyridine rings is 1. The van der Waals surface area contributed by atoms with E-state index in [0.29, 0.717) is 23.6 Å². The van der Waals surface area contributed by atoms with Crippen molar-refractivity contribution in [2.75, 3.05) is 25.9 Å². The van der Waals surface area contributed by atoms with E-state index in [9.17, 15) is 14.4 Å². The number of likely N-dealkylation sites (N-methyl/N-ethyl adjacent to an activating group) is 1. The molecule has 0 fully saturated rings. The molecule has 0 aliphatic heterocycles. The molecular weight excluding hydrogens is 350 g/mol. The Bertz CT molecular complexity index is 820. The number of aliphatic carboxylic acids is 1. The molecule has 0 atom stereocenters. The first-order valence-electron chi connectivity index (χ1n) is 8.28. The Balaban J connectivity index is 1.84. The minimum Gasteiger partial charge on any atom is -0.482 e. The third kappa shape index (κ3) is 6.43. The number of ketones is 1. The molecule has 2 rings (SSSR count). The van der Waals surface area contributed by atoms with E-state index in [1.165, 1.54) is 29.2 Å². The average molecular weight is 371 g/mol. The normalized spacial score (nSPS) is 10.3. The number of nitrogens with zero attached hydrogens (tertiary/aromatic N) is 2. The van der Waals surface area contributed by atoms with Gasteiger partial charge in [0.1, 0.15) is 11.6 Å². The van der Waals surface area contributed by atoms with Crippen LogP contribution in [0.3, 0.4) is 0 Å². The Morgan fingerprint density at radius 3 is 2.48 bits per heavy atom. The molecule has 0 radical (unpaired) electrons. The number of aromatic nitrogens is 1. The number of Topliss-reactive ketones (excluding diaryl/α,β-unsaturated/α-hetero) is 1. The lowest BCUT2D eigenvalue weighted by Gasteiger charge is -2.16. The molecular formula is C19H21N3O5. The van der Waals surface area contributed by atoms with E-state index in [1.807, 2.05) is 0 Å². The van der Waals surface area contributed by atoms with Gasteiger partial charge in [-0.15, -0.1) is 0 Å². The van der Waals surface area contributed by atoms with E-state index < -0.39 is 12.6 Å². The minimum atomic E-state index is -1.08. The van der Waals surface area contributed by atoms with Gasteiger partial charge in [-0.3, -0.25) is 9.59 Å². The van der Waals surface area contributed by atoms with Gasteiger partial charge in [0.2, 0.25) is 5.91 Å². The van der Waals surface area contributed by atoms with Crippen LogP contribution >= 0.6 is 0 Å². The van der Waals surface area contributed by atoms with E-state index >= 15 is 0 Å². The van der Waals surface area contributed by atoms with Crippen LogP contribution < -0.4 is 10.5 Å². The topological polar surface area (TPSA) is 123 Å². The third-order valence-corrected chi connectivity index (χ3v) is 3.77. The second kappa shape index (κ2) is 9.33. The van der Waals surface area contributed by atoms with Gasteiger partial charge < -0.3 is 20.5 Å². The van der Waals surface area contributed by atoms with Crippen molar-refractivity contribution in [3.05, 3.63) is 53.7 Å². The van der Waals surface area contributed by atoms with E-state index in [2.05, 4.69) is 4.98 Å². The number of carbonyl (C=O) groups is 3. The van der Waals surface area contributed by atoms with E-state index in [1.54, 1.807) is 25.2 Å². The lowest BCUT2D eigenvalue weighted by Crippen LogP contribution is -2.32. The second-order valence-electron chi connectivity index (χ2n) is 5.93. The van der Waals surface area contributed by atoms with Crippen LogP contribution in [0.5, 0.6) is 5.75 Å². The Labute approximate surface area is 156 Å². The standard InChI is InChI=1S/C19H21N3O5/c1-22(18(24)10-7-14-3-2-4-17(20)21-14)11-16(23)13-5-8-15(9-6-13)27-12-19(25)26/h2-6,8-9H,7,10-12H2,1H3,(H2,20,21)(H,25,26). The number of carbonyl (C=O) groups excluding carboxylic acids is 2. The SMILES string of the molecule is CN(CC(=O)c1ccc(OCC(=O)O)cc1)C(=O)CCc1cccc(N)n1. The van der Waals surface area contributed by atoms with Gasteiger partial charge in [-0.05, 0) is 42.8 Å². The lowest BCUT2D eigenvalue weighted by atomic mass is 10.1. The summed E-state index contributed by atoms with van der Waals surface area (Å²) in [6.45, 7) is -0.509. The molecule has 142 valence electrons. The first-order valence-corrected chi connectivity index (χ1v) is 8.28. The Morgan fingerprint density at radius 1 is 1.15 bits per heavy atom. The Kier molecular flexibility index (Phi) is 6.87. The Hall–Kier alpha value is -3.42. The molecule has 1 heterocycles. The molecule has 2 aromatic rings. The Morgan fingerprint density at radius 2 is 1.85 bits per heavy atom. The number of nitrogen functional groups attached to an aromatic ring is 1. The number of carboxylic acid groups (broad SMARTS) is 1. The van der Waals surface area contributed by atoms with Gasteiger partial charge >= 0.3 is 5.97 Å². The van der Waals surface area contributed by atoms with Crippen molar-refractivity contribution >= 4 is 23.5 Å². The molecule has 8 heteroatoms. The summed E-state index contributed by atoms with van der Waals surface area (Å²) in [6, 6.07) is 11.4. The van der Waals surface area contributed by atoms with Gasteiger partial charge in [0.15, 0.2) is 12.4 Å². The highest BCUT2D eigenvalue weighted by atomic mass is 16.5. The van der Waals surface area contributed by atoms with Crippen LogP contribution in [0.1, 0.15) is 22.5 Å². The molecule has 27 heavy (non-hydrogen) atoms. The summed E-state index contributed by atoms with van der Waals surface area (Å²) >= 11 is 0. The molecule has 1 amide bonds. The molecule has 0 saturated carbocycles. The number of benzene rings is 1. The van der Waals surface area contributed by atoms with Crippen molar-refractivity contribution in [2.24, 2.45) is 0 Å².